The lowest BCUT2D eigenvalue weighted by Gasteiger charge is -2.19. The Morgan fingerprint density at radius 3 is 2.67 bits per heavy atom. The zero-order chi connectivity index (χ0) is 11.3. The van der Waals surface area contributed by atoms with E-state index in [0.717, 1.165) is 24.7 Å². The van der Waals surface area contributed by atoms with Crippen LogP contribution in [-0.2, 0) is 11.3 Å². The summed E-state index contributed by atoms with van der Waals surface area (Å²) in [7, 11) is 1.66. The van der Waals surface area contributed by atoms with Gasteiger partial charge in [-0.25, -0.2) is 4.98 Å². The van der Waals surface area contributed by atoms with Gasteiger partial charge in [0.25, 0.3) is 0 Å². The average molecular weight is 227 g/mol. The van der Waals surface area contributed by atoms with E-state index in [0.29, 0.717) is 11.2 Å². The van der Waals surface area contributed by atoms with E-state index >= 15 is 0 Å². The van der Waals surface area contributed by atoms with Gasteiger partial charge < -0.3 is 14.6 Å². The van der Waals surface area contributed by atoms with Crippen molar-refractivity contribution in [2.45, 2.75) is 20.5 Å². The first-order chi connectivity index (χ1) is 7.21. The smallest absolute Gasteiger partial charge is 0.204 e. The molecule has 5 heteroatoms. The highest BCUT2D eigenvalue weighted by Gasteiger charge is 2.05. The van der Waals surface area contributed by atoms with E-state index in [1.54, 1.807) is 7.11 Å². The Morgan fingerprint density at radius 1 is 1.47 bits per heavy atom. The molecule has 0 saturated carbocycles. The number of H-pyrrole nitrogens is 1. The lowest BCUT2D eigenvalue weighted by Crippen LogP contribution is -2.24. The number of ether oxygens (including phenoxy) is 1. The predicted molar refractivity (Wildman–Crippen MR) is 63.7 cm³/mol. The number of nitrogens with one attached hydrogen (secondary N) is 1. The Morgan fingerprint density at radius 2 is 2.13 bits per heavy atom. The summed E-state index contributed by atoms with van der Waals surface area (Å²) in [4.78, 5) is 9.62. The molecule has 0 radical (unpaired) electrons. The fourth-order valence-corrected chi connectivity index (χ4v) is 1.63. The van der Waals surface area contributed by atoms with Gasteiger partial charge >= 0.3 is 0 Å². The van der Waals surface area contributed by atoms with Crippen LogP contribution in [0.1, 0.15) is 19.5 Å². The van der Waals surface area contributed by atoms with E-state index in [-0.39, 0.29) is 0 Å². The van der Waals surface area contributed by atoms with Crippen LogP contribution in [-0.4, -0.2) is 30.2 Å². The van der Waals surface area contributed by atoms with Gasteiger partial charge in [-0.05, 0) is 19.9 Å². The molecule has 0 aromatic carbocycles. The second kappa shape index (κ2) is 5.82. The number of aromatic amines is 1. The van der Waals surface area contributed by atoms with Crippen LogP contribution in [0.15, 0.2) is 6.07 Å². The van der Waals surface area contributed by atoms with Gasteiger partial charge in [0.05, 0.1) is 6.61 Å². The van der Waals surface area contributed by atoms with Crippen LogP contribution in [0.4, 0.5) is 5.95 Å². The summed E-state index contributed by atoms with van der Waals surface area (Å²) < 4.78 is 5.66. The minimum atomic E-state index is 0.528. The molecule has 0 fully saturated rings. The van der Waals surface area contributed by atoms with Crippen LogP contribution in [0.25, 0.3) is 0 Å². The number of anilines is 1. The SMILES string of the molecule is CCN(CC)c1nc(=S)cc(COC)[nH]1. The third-order valence-electron chi connectivity index (χ3n) is 2.15. The summed E-state index contributed by atoms with van der Waals surface area (Å²) in [5.74, 6) is 0.819. The molecule has 4 nitrogen and oxygen atoms in total. The number of methoxy groups -OCH3 is 1. The first-order valence-corrected chi connectivity index (χ1v) is 5.46. The molecule has 1 N–H and O–H groups in total. The molecule has 0 unspecified atom stereocenters. The molecule has 1 rings (SSSR count). The molecule has 1 aromatic rings. The predicted octanol–water partition coefficient (Wildman–Crippen LogP) is 2.13. The molecule has 0 saturated heterocycles. The molecule has 0 aliphatic heterocycles. The zero-order valence-electron chi connectivity index (χ0n) is 9.41. The molecule has 0 bridgehead atoms. The van der Waals surface area contributed by atoms with Crippen molar-refractivity contribution in [3.63, 3.8) is 0 Å². The monoisotopic (exact) mass is 227 g/mol. The van der Waals surface area contributed by atoms with E-state index < -0.39 is 0 Å². The summed E-state index contributed by atoms with van der Waals surface area (Å²) in [6.45, 7) is 6.52. The topological polar surface area (TPSA) is 41.2 Å². The lowest BCUT2D eigenvalue weighted by atomic mass is 10.4. The zero-order valence-corrected chi connectivity index (χ0v) is 10.2. The van der Waals surface area contributed by atoms with Crippen molar-refractivity contribution < 1.29 is 4.74 Å². The summed E-state index contributed by atoms with van der Waals surface area (Å²) in [6.07, 6.45) is 0. The van der Waals surface area contributed by atoms with Gasteiger partial charge in [0.1, 0.15) is 4.64 Å². The van der Waals surface area contributed by atoms with Crippen LogP contribution in [0, 0.1) is 4.64 Å². The van der Waals surface area contributed by atoms with E-state index in [1.165, 1.54) is 0 Å². The Kier molecular flexibility index (Phi) is 4.71. The van der Waals surface area contributed by atoms with E-state index in [2.05, 4.69) is 28.7 Å². The molecule has 0 spiro atoms. The van der Waals surface area contributed by atoms with E-state index in [9.17, 15) is 0 Å². The first kappa shape index (κ1) is 12.1. The average Bonchev–Trinajstić information content (AvgIpc) is 2.19. The Balaban J connectivity index is 3.02. The van der Waals surface area contributed by atoms with Crippen molar-refractivity contribution in [1.82, 2.24) is 9.97 Å². The minimum Gasteiger partial charge on any atom is -0.378 e. The van der Waals surface area contributed by atoms with Gasteiger partial charge in [-0.3, -0.25) is 0 Å². The summed E-state index contributed by atoms with van der Waals surface area (Å²) in [5.41, 5.74) is 0.958. The molecule has 1 heterocycles. The van der Waals surface area contributed by atoms with Gasteiger partial charge in [0, 0.05) is 25.9 Å². The third-order valence-corrected chi connectivity index (χ3v) is 2.36. The molecular weight excluding hydrogens is 210 g/mol. The van der Waals surface area contributed by atoms with Gasteiger partial charge in [-0.15, -0.1) is 0 Å². The van der Waals surface area contributed by atoms with Crippen molar-refractivity contribution in [2.75, 3.05) is 25.1 Å². The minimum absolute atomic E-state index is 0.528. The maximum Gasteiger partial charge on any atom is 0.204 e. The highest BCUT2D eigenvalue weighted by atomic mass is 32.1. The van der Waals surface area contributed by atoms with Gasteiger partial charge in [0.2, 0.25) is 5.95 Å². The summed E-state index contributed by atoms with van der Waals surface area (Å²) >= 11 is 5.10. The number of rotatable bonds is 5. The van der Waals surface area contributed by atoms with Crippen molar-refractivity contribution in [3.05, 3.63) is 16.4 Å². The van der Waals surface area contributed by atoms with Crippen LogP contribution in [0.3, 0.4) is 0 Å². The fourth-order valence-electron chi connectivity index (χ4n) is 1.40. The standard InChI is InChI=1S/C10H17N3OS/c1-4-13(5-2)10-11-8(7-14-3)6-9(15)12-10/h6H,4-5,7H2,1-3H3,(H,11,12,15). The van der Waals surface area contributed by atoms with Crippen LogP contribution < -0.4 is 4.90 Å². The summed E-state index contributed by atoms with van der Waals surface area (Å²) in [6, 6.07) is 1.83. The first-order valence-electron chi connectivity index (χ1n) is 5.05. The maximum atomic E-state index is 5.10. The van der Waals surface area contributed by atoms with E-state index in [1.807, 2.05) is 6.07 Å². The fraction of sp³-hybridized carbons (Fsp3) is 0.600. The van der Waals surface area contributed by atoms with Crippen molar-refractivity contribution in [2.24, 2.45) is 0 Å². The Bertz CT molecular complexity index is 360. The van der Waals surface area contributed by atoms with Gasteiger partial charge in [-0.2, -0.15) is 0 Å². The second-order valence-corrected chi connectivity index (χ2v) is 3.59. The highest BCUT2D eigenvalue weighted by Crippen LogP contribution is 2.08. The lowest BCUT2D eigenvalue weighted by molar-refractivity contribution is 0.181. The molecule has 15 heavy (non-hydrogen) atoms. The number of nitrogens with zero attached hydrogens (tertiary/aromatic N) is 2. The number of hydrogen-bond acceptors (Lipinski definition) is 4. The van der Waals surface area contributed by atoms with Crippen LogP contribution in [0.2, 0.25) is 0 Å². The second-order valence-electron chi connectivity index (χ2n) is 3.17. The third kappa shape index (κ3) is 3.28. The summed E-state index contributed by atoms with van der Waals surface area (Å²) in [5, 5.41) is 0. The Hall–Kier alpha value is -0.940. The molecule has 0 aliphatic rings. The van der Waals surface area contributed by atoms with Crippen molar-refractivity contribution in [3.8, 4) is 0 Å². The van der Waals surface area contributed by atoms with Crippen LogP contribution in [0.5, 0.6) is 0 Å². The number of aromatic nitrogens is 2. The molecule has 1 aromatic heterocycles. The highest BCUT2D eigenvalue weighted by molar-refractivity contribution is 7.71. The van der Waals surface area contributed by atoms with Gasteiger partial charge in [0.15, 0.2) is 0 Å². The normalized spacial score (nSPS) is 10.3. The molecule has 0 atom stereocenters. The maximum absolute atomic E-state index is 5.10. The quantitative estimate of drug-likeness (QED) is 0.782. The largest absolute Gasteiger partial charge is 0.378 e. The molecular formula is C10H17N3OS. The molecule has 0 aliphatic carbocycles. The molecule has 0 amide bonds. The van der Waals surface area contributed by atoms with E-state index in [4.69, 9.17) is 17.0 Å². The van der Waals surface area contributed by atoms with Crippen molar-refractivity contribution >= 4 is 18.2 Å². The molecule has 84 valence electrons. The van der Waals surface area contributed by atoms with Crippen LogP contribution >= 0.6 is 12.2 Å². The number of hydrogen-bond donors (Lipinski definition) is 1. The van der Waals surface area contributed by atoms with Gasteiger partial charge in [-0.1, -0.05) is 12.2 Å². The Labute approximate surface area is 95.3 Å². The van der Waals surface area contributed by atoms with Crippen molar-refractivity contribution in [1.29, 1.82) is 0 Å².